The first-order chi connectivity index (χ1) is 8.65. The van der Waals surface area contributed by atoms with Crippen LogP contribution in [0, 0.1) is 0 Å². The maximum atomic E-state index is 11.3. The molecule has 0 unspecified atom stereocenters. The minimum absolute atomic E-state index is 0.157. The van der Waals surface area contributed by atoms with E-state index in [1.165, 1.54) is 12.3 Å². The zero-order valence-electron chi connectivity index (χ0n) is 10.2. The average molecular weight is 248 g/mol. The molecule has 0 aromatic heterocycles. The van der Waals surface area contributed by atoms with Crippen LogP contribution >= 0.6 is 0 Å². The fourth-order valence-corrected chi connectivity index (χ4v) is 1.37. The first kappa shape index (κ1) is 13.9. The van der Waals surface area contributed by atoms with Crippen LogP contribution in [0.25, 0.3) is 0 Å². The van der Waals surface area contributed by atoms with Crippen molar-refractivity contribution < 1.29 is 14.7 Å². The monoisotopic (exact) mass is 248 g/mol. The van der Waals surface area contributed by atoms with Crippen molar-refractivity contribution in [1.29, 1.82) is 0 Å². The van der Waals surface area contributed by atoms with Gasteiger partial charge in [-0.15, -0.1) is 0 Å². The maximum Gasteiger partial charge on any atom is 0.336 e. The summed E-state index contributed by atoms with van der Waals surface area (Å²) in [4.78, 5) is 22.2. The number of hydrazone groups is 1. The van der Waals surface area contributed by atoms with Crippen LogP contribution < -0.4 is 5.43 Å². The summed E-state index contributed by atoms with van der Waals surface area (Å²) in [5.41, 5.74) is 2.99. The molecule has 0 radical (unpaired) electrons. The Kier molecular flexibility index (Phi) is 5.57. The Morgan fingerprint density at radius 3 is 2.78 bits per heavy atom. The molecule has 0 atom stereocenters. The SMILES string of the molecule is CCCCC(=O)NN=Cc1ccccc1C(=O)O. The number of aromatic carboxylic acids is 1. The third-order valence-corrected chi connectivity index (χ3v) is 2.34. The van der Waals surface area contributed by atoms with Crippen molar-refractivity contribution in [2.45, 2.75) is 26.2 Å². The second-order valence-electron chi connectivity index (χ2n) is 3.79. The van der Waals surface area contributed by atoms with Crippen molar-refractivity contribution in [2.24, 2.45) is 5.10 Å². The number of benzene rings is 1. The lowest BCUT2D eigenvalue weighted by atomic mass is 10.1. The summed E-state index contributed by atoms with van der Waals surface area (Å²) in [6.45, 7) is 2.00. The van der Waals surface area contributed by atoms with Crippen LogP contribution in [0.3, 0.4) is 0 Å². The number of amides is 1. The van der Waals surface area contributed by atoms with Crippen molar-refractivity contribution in [3.63, 3.8) is 0 Å². The maximum absolute atomic E-state index is 11.3. The average Bonchev–Trinajstić information content (AvgIpc) is 2.36. The summed E-state index contributed by atoms with van der Waals surface area (Å²) in [6.07, 6.45) is 3.52. The molecule has 1 aromatic carbocycles. The van der Waals surface area contributed by atoms with Crippen LogP contribution in [0.1, 0.15) is 42.1 Å². The van der Waals surface area contributed by atoms with Gasteiger partial charge in [0, 0.05) is 12.0 Å². The van der Waals surface area contributed by atoms with Crippen molar-refractivity contribution in [3.05, 3.63) is 35.4 Å². The molecule has 0 aliphatic rings. The largest absolute Gasteiger partial charge is 0.478 e. The van der Waals surface area contributed by atoms with Gasteiger partial charge in [-0.05, 0) is 12.5 Å². The van der Waals surface area contributed by atoms with Crippen LogP contribution in [0.5, 0.6) is 0 Å². The quantitative estimate of drug-likeness (QED) is 0.597. The number of carboxylic acid groups (broad SMARTS) is 1. The second-order valence-corrected chi connectivity index (χ2v) is 3.79. The molecule has 0 spiro atoms. The fourth-order valence-electron chi connectivity index (χ4n) is 1.37. The molecule has 1 aromatic rings. The third-order valence-electron chi connectivity index (χ3n) is 2.34. The van der Waals surface area contributed by atoms with E-state index in [-0.39, 0.29) is 11.5 Å². The predicted molar refractivity (Wildman–Crippen MR) is 68.7 cm³/mol. The molecule has 18 heavy (non-hydrogen) atoms. The normalized spacial score (nSPS) is 10.5. The number of nitrogens with zero attached hydrogens (tertiary/aromatic N) is 1. The van der Waals surface area contributed by atoms with Crippen LogP contribution in [-0.2, 0) is 4.79 Å². The van der Waals surface area contributed by atoms with Gasteiger partial charge < -0.3 is 5.11 Å². The molecule has 1 amide bonds. The number of nitrogens with one attached hydrogen (secondary N) is 1. The zero-order valence-corrected chi connectivity index (χ0v) is 10.2. The van der Waals surface area contributed by atoms with Gasteiger partial charge in [0.05, 0.1) is 11.8 Å². The second kappa shape index (κ2) is 7.21. The van der Waals surface area contributed by atoms with Crippen molar-refractivity contribution in [2.75, 3.05) is 0 Å². The summed E-state index contributed by atoms with van der Waals surface area (Å²) in [5.74, 6) is -1.18. The summed E-state index contributed by atoms with van der Waals surface area (Å²) in [7, 11) is 0. The number of unbranched alkanes of at least 4 members (excludes halogenated alkanes) is 1. The molecule has 5 nitrogen and oxygen atoms in total. The Morgan fingerprint density at radius 2 is 2.11 bits per heavy atom. The molecule has 0 saturated carbocycles. The molecule has 0 aliphatic carbocycles. The minimum atomic E-state index is -1.02. The van der Waals surface area contributed by atoms with E-state index < -0.39 is 5.97 Å². The van der Waals surface area contributed by atoms with Gasteiger partial charge in [0.25, 0.3) is 0 Å². The van der Waals surface area contributed by atoms with Crippen LogP contribution in [0.2, 0.25) is 0 Å². The summed E-state index contributed by atoms with van der Waals surface area (Å²) in [6, 6.07) is 6.47. The Bertz CT molecular complexity index is 455. The van der Waals surface area contributed by atoms with E-state index in [0.29, 0.717) is 12.0 Å². The van der Waals surface area contributed by atoms with E-state index in [4.69, 9.17) is 5.11 Å². The van der Waals surface area contributed by atoms with Gasteiger partial charge in [-0.2, -0.15) is 5.10 Å². The van der Waals surface area contributed by atoms with Crippen molar-refractivity contribution >= 4 is 18.1 Å². The Labute approximate surface area is 106 Å². The van der Waals surface area contributed by atoms with E-state index in [0.717, 1.165) is 12.8 Å². The predicted octanol–water partition coefficient (Wildman–Crippen LogP) is 2.03. The van der Waals surface area contributed by atoms with Gasteiger partial charge in [-0.3, -0.25) is 4.79 Å². The highest BCUT2D eigenvalue weighted by Gasteiger charge is 2.06. The standard InChI is InChI=1S/C13H16N2O3/c1-2-3-8-12(16)15-14-9-10-6-4-5-7-11(10)13(17)18/h4-7,9H,2-3,8H2,1H3,(H,15,16)(H,17,18). The molecule has 96 valence electrons. The molecule has 0 heterocycles. The Balaban J connectivity index is 2.62. The molecule has 0 fully saturated rings. The van der Waals surface area contributed by atoms with E-state index in [1.807, 2.05) is 6.92 Å². The molecule has 2 N–H and O–H groups in total. The molecule has 0 aliphatic heterocycles. The Hall–Kier alpha value is -2.17. The molecule has 0 bridgehead atoms. The van der Waals surface area contributed by atoms with Crippen LogP contribution in [0.15, 0.2) is 29.4 Å². The molecular formula is C13H16N2O3. The minimum Gasteiger partial charge on any atom is -0.478 e. The molecule has 1 rings (SSSR count). The van der Waals surface area contributed by atoms with E-state index >= 15 is 0 Å². The summed E-state index contributed by atoms with van der Waals surface area (Å²) < 4.78 is 0. The highest BCUT2D eigenvalue weighted by molar-refractivity contribution is 5.98. The molecule has 0 saturated heterocycles. The highest BCUT2D eigenvalue weighted by Crippen LogP contribution is 2.05. The molecular weight excluding hydrogens is 232 g/mol. The highest BCUT2D eigenvalue weighted by atomic mass is 16.4. The van der Waals surface area contributed by atoms with Crippen molar-refractivity contribution in [3.8, 4) is 0 Å². The number of carbonyl (C=O) groups excluding carboxylic acids is 1. The summed E-state index contributed by atoms with van der Waals surface area (Å²) >= 11 is 0. The topological polar surface area (TPSA) is 78.8 Å². The van der Waals surface area contributed by atoms with Crippen molar-refractivity contribution in [1.82, 2.24) is 5.43 Å². The van der Waals surface area contributed by atoms with Gasteiger partial charge in [-0.1, -0.05) is 31.5 Å². The zero-order chi connectivity index (χ0) is 13.4. The summed E-state index contributed by atoms with van der Waals surface area (Å²) in [5, 5.41) is 12.7. The first-order valence-corrected chi connectivity index (χ1v) is 5.79. The van der Waals surface area contributed by atoms with Crippen LogP contribution in [-0.4, -0.2) is 23.2 Å². The number of carbonyl (C=O) groups is 2. The lowest BCUT2D eigenvalue weighted by Crippen LogP contribution is -2.17. The van der Waals surface area contributed by atoms with Gasteiger partial charge in [0.2, 0.25) is 5.91 Å². The Morgan fingerprint density at radius 1 is 1.39 bits per heavy atom. The number of carboxylic acids is 1. The molecule has 5 heteroatoms. The number of hydrogen-bond donors (Lipinski definition) is 2. The van der Waals surface area contributed by atoms with Gasteiger partial charge in [0.1, 0.15) is 0 Å². The van der Waals surface area contributed by atoms with Crippen LogP contribution in [0.4, 0.5) is 0 Å². The van der Waals surface area contributed by atoms with Gasteiger partial charge >= 0.3 is 5.97 Å². The number of hydrogen-bond acceptors (Lipinski definition) is 3. The van der Waals surface area contributed by atoms with E-state index in [2.05, 4.69) is 10.5 Å². The van der Waals surface area contributed by atoms with Gasteiger partial charge in [0.15, 0.2) is 0 Å². The fraction of sp³-hybridized carbons (Fsp3) is 0.308. The third kappa shape index (κ3) is 4.37. The lowest BCUT2D eigenvalue weighted by Gasteiger charge is -2.00. The number of rotatable bonds is 6. The van der Waals surface area contributed by atoms with E-state index in [1.54, 1.807) is 18.2 Å². The first-order valence-electron chi connectivity index (χ1n) is 5.79. The lowest BCUT2D eigenvalue weighted by molar-refractivity contribution is -0.121. The van der Waals surface area contributed by atoms with Gasteiger partial charge in [-0.25, -0.2) is 10.2 Å². The van der Waals surface area contributed by atoms with E-state index in [9.17, 15) is 9.59 Å². The smallest absolute Gasteiger partial charge is 0.336 e.